The van der Waals surface area contributed by atoms with E-state index in [1.807, 2.05) is 0 Å². The lowest BCUT2D eigenvalue weighted by atomic mass is 10.2. The summed E-state index contributed by atoms with van der Waals surface area (Å²) in [5, 5.41) is 0. The van der Waals surface area contributed by atoms with Gasteiger partial charge in [0.1, 0.15) is 11.5 Å². The number of carbonyl (C=O) groups is 3. The van der Waals surface area contributed by atoms with Crippen molar-refractivity contribution in [2.75, 3.05) is 33.3 Å². The van der Waals surface area contributed by atoms with E-state index in [2.05, 4.69) is 0 Å². The van der Waals surface area contributed by atoms with Crippen molar-refractivity contribution < 1.29 is 19.1 Å². The minimum atomic E-state index is -0.0491. The summed E-state index contributed by atoms with van der Waals surface area (Å²) in [4.78, 5) is 39.3. The second kappa shape index (κ2) is 8.47. The quantitative estimate of drug-likeness (QED) is 0.824. The molecule has 1 aromatic rings. The molecule has 0 N–H and O–H groups in total. The van der Waals surface area contributed by atoms with Crippen LogP contribution >= 0.6 is 0 Å². The molecule has 2 rings (SSSR count). The third kappa shape index (κ3) is 4.81. The lowest BCUT2D eigenvalue weighted by molar-refractivity contribution is -0.132. The highest BCUT2D eigenvalue weighted by Crippen LogP contribution is 2.16. The predicted octanol–water partition coefficient (Wildman–Crippen LogP) is 1.74. The molecular weight excluding hydrogens is 308 g/mol. The lowest BCUT2D eigenvalue weighted by Crippen LogP contribution is -2.37. The van der Waals surface area contributed by atoms with Gasteiger partial charge in [0, 0.05) is 44.6 Å². The smallest absolute Gasteiger partial charge is 0.254 e. The number of amides is 2. The van der Waals surface area contributed by atoms with Crippen molar-refractivity contribution in [3.8, 4) is 5.75 Å². The van der Waals surface area contributed by atoms with E-state index in [4.69, 9.17) is 4.74 Å². The van der Waals surface area contributed by atoms with Gasteiger partial charge in [0.2, 0.25) is 5.91 Å². The molecule has 0 radical (unpaired) electrons. The molecule has 1 saturated heterocycles. The van der Waals surface area contributed by atoms with Crippen LogP contribution in [0.2, 0.25) is 0 Å². The van der Waals surface area contributed by atoms with Crippen molar-refractivity contribution in [2.24, 2.45) is 0 Å². The van der Waals surface area contributed by atoms with E-state index in [1.165, 1.54) is 6.92 Å². The molecule has 2 amide bonds. The maximum Gasteiger partial charge on any atom is 0.254 e. The molecule has 0 aromatic heterocycles. The molecule has 6 nitrogen and oxygen atoms in total. The number of nitrogens with zero attached hydrogens (tertiary/aromatic N) is 2. The monoisotopic (exact) mass is 332 g/mol. The number of methoxy groups -OCH3 is 1. The zero-order valence-corrected chi connectivity index (χ0v) is 14.3. The molecule has 0 spiro atoms. The molecule has 0 saturated carbocycles. The first-order chi connectivity index (χ1) is 11.5. The Morgan fingerprint density at radius 3 is 2.46 bits per heavy atom. The van der Waals surface area contributed by atoms with Crippen molar-refractivity contribution >= 4 is 17.6 Å². The molecule has 0 unspecified atom stereocenters. The minimum absolute atomic E-state index is 0.0131. The van der Waals surface area contributed by atoms with Gasteiger partial charge in [-0.15, -0.1) is 0 Å². The zero-order valence-electron chi connectivity index (χ0n) is 14.3. The highest BCUT2D eigenvalue weighted by atomic mass is 16.5. The molecule has 130 valence electrons. The summed E-state index contributed by atoms with van der Waals surface area (Å²) in [6.07, 6.45) is 1.27. The Bertz CT molecular complexity index is 615. The van der Waals surface area contributed by atoms with Gasteiger partial charge in [-0.05, 0) is 31.5 Å². The predicted molar refractivity (Wildman–Crippen MR) is 90.0 cm³/mol. The molecule has 1 aromatic carbocycles. The van der Waals surface area contributed by atoms with Crippen LogP contribution in [0.1, 0.15) is 36.5 Å². The Balaban J connectivity index is 1.95. The van der Waals surface area contributed by atoms with Gasteiger partial charge in [-0.25, -0.2) is 0 Å². The lowest BCUT2D eigenvalue weighted by Gasteiger charge is -2.22. The van der Waals surface area contributed by atoms with Gasteiger partial charge < -0.3 is 19.3 Å². The first-order valence-electron chi connectivity index (χ1n) is 8.22. The van der Waals surface area contributed by atoms with Crippen molar-refractivity contribution in [2.45, 2.75) is 26.2 Å². The number of benzene rings is 1. The topological polar surface area (TPSA) is 66.9 Å². The summed E-state index contributed by atoms with van der Waals surface area (Å²) in [7, 11) is 1.57. The average molecular weight is 332 g/mol. The van der Waals surface area contributed by atoms with Gasteiger partial charge in [0.05, 0.1) is 7.11 Å². The van der Waals surface area contributed by atoms with Gasteiger partial charge in [-0.1, -0.05) is 6.07 Å². The number of ether oxygens (including phenoxy) is 1. The minimum Gasteiger partial charge on any atom is -0.497 e. The molecule has 0 aliphatic carbocycles. The fourth-order valence-electron chi connectivity index (χ4n) is 2.75. The molecule has 24 heavy (non-hydrogen) atoms. The molecule has 1 aliphatic rings. The van der Waals surface area contributed by atoms with Crippen LogP contribution < -0.4 is 4.74 Å². The van der Waals surface area contributed by atoms with Crippen molar-refractivity contribution in [1.29, 1.82) is 0 Å². The number of ketones is 1. The fourth-order valence-corrected chi connectivity index (χ4v) is 2.75. The van der Waals surface area contributed by atoms with Crippen molar-refractivity contribution in [3.05, 3.63) is 29.8 Å². The van der Waals surface area contributed by atoms with Crippen molar-refractivity contribution in [1.82, 2.24) is 9.80 Å². The standard InChI is InChI=1S/C18H24N2O4/c1-14(21)7-8-17(22)19-9-4-10-20(12-11-19)18(23)15-5-3-6-16(13-15)24-2/h3,5-6,13H,4,7-12H2,1-2H3. The highest BCUT2D eigenvalue weighted by Gasteiger charge is 2.23. The van der Waals surface area contributed by atoms with Crippen LogP contribution in [0.25, 0.3) is 0 Å². The summed E-state index contributed by atoms with van der Waals surface area (Å²) in [6.45, 7) is 3.74. The van der Waals surface area contributed by atoms with E-state index in [1.54, 1.807) is 41.2 Å². The fraction of sp³-hybridized carbons (Fsp3) is 0.500. The first kappa shape index (κ1) is 18.0. The van der Waals surface area contributed by atoms with Crippen molar-refractivity contribution in [3.63, 3.8) is 0 Å². The van der Waals surface area contributed by atoms with Crippen LogP contribution in [0.3, 0.4) is 0 Å². The Morgan fingerprint density at radius 2 is 1.75 bits per heavy atom. The van der Waals surface area contributed by atoms with E-state index in [0.29, 0.717) is 37.5 Å². The number of carbonyl (C=O) groups excluding carboxylic acids is 3. The molecule has 0 bridgehead atoms. The second-order valence-electron chi connectivity index (χ2n) is 5.96. The Labute approximate surface area is 142 Å². The van der Waals surface area contributed by atoms with Crippen LogP contribution in [0.15, 0.2) is 24.3 Å². The third-order valence-electron chi connectivity index (χ3n) is 4.14. The van der Waals surface area contributed by atoms with E-state index in [0.717, 1.165) is 6.42 Å². The maximum atomic E-state index is 12.6. The zero-order chi connectivity index (χ0) is 17.5. The summed E-state index contributed by atoms with van der Waals surface area (Å²) in [5.74, 6) is 0.609. The number of rotatable bonds is 5. The van der Waals surface area contributed by atoms with E-state index in [-0.39, 0.29) is 30.4 Å². The molecule has 1 aliphatic heterocycles. The second-order valence-corrected chi connectivity index (χ2v) is 5.96. The van der Waals surface area contributed by atoms with Crippen LogP contribution in [-0.2, 0) is 9.59 Å². The molecule has 1 fully saturated rings. The van der Waals surface area contributed by atoms with Gasteiger partial charge in [-0.3, -0.25) is 9.59 Å². The van der Waals surface area contributed by atoms with E-state index < -0.39 is 0 Å². The van der Waals surface area contributed by atoms with Crippen LogP contribution in [0.4, 0.5) is 0 Å². The first-order valence-corrected chi connectivity index (χ1v) is 8.22. The molecule has 0 atom stereocenters. The normalized spacial score (nSPS) is 14.9. The summed E-state index contributed by atoms with van der Waals surface area (Å²) >= 11 is 0. The third-order valence-corrected chi connectivity index (χ3v) is 4.14. The summed E-state index contributed by atoms with van der Waals surface area (Å²) in [5.41, 5.74) is 0.589. The van der Waals surface area contributed by atoms with E-state index >= 15 is 0 Å². The molecular formula is C18H24N2O4. The maximum absolute atomic E-state index is 12.6. The largest absolute Gasteiger partial charge is 0.497 e. The number of hydrogen-bond donors (Lipinski definition) is 0. The van der Waals surface area contributed by atoms with Gasteiger partial charge >= 0.3 is 0 Å². The highest BCUT2D eigenvalue weighted by molar-refractivity contribution is 5.94. The van der Waals surface area contributed by atoms with Crippen LogP contribution in [-0.4, -0.2) is 60.7 Å². The SMILES string of the molecule is COc1cccc(C(=O)N2CCCN(C(=O)CCC(C)=O)CC2)c1. The molecule has 6 heteroatoms. The Morgan fingerprint density at radius 1 is 1.04 bits per heavy atom. The number of hydrogen-bond acceptors (Lipinski definition) is 4. The van der Waals surface area contributed by atoms with Gasteiger partial charge in [-0.2, -0.15) is 0 Å². The van der Waals surface area contributed by atoms with Crippen LogP contribution in [0, 0.1) is 0 Å². The summed E-state index contributed by atoms with van der Waals surface area (Å²) < 4.78 is 5.16. The average Bonchev–Trinajstić information content (AvgIpc) is 2.85. The number of Topliss-reactive ketones (excluding diaryl/α,β-unsaturated/α-hetero) is 1. The van der Waals surface area contributed by atoms with Gasteiger partial charge in [0.15, 0.2) is 0 Å². The Kier molecular flexibility index (Phi) is 6.35. The Hall–Kier alpha value is -2.37. The summed E-state index contributed by atoms with van der Waals surface area (Å²) in [6, 6.07) is 7.09. The van der Waals surface area contributed by atoms with Crippen LogP contribution in [0.5, 0.6) is 5.75 Å². The van der Waals surface area contributed by atoms with E-state index in [9.17, 15) is 14.4 Å². The van der Waals surface area contributed by atoms with Gasteiger partial charge in [0.25, 0.3) is 5.91 Å². The molecule has 1 heterocycles.